The molecule has 0 aliphatic heterocycles. The predicted molar refractivity (Wildman–Crippen MR) is 79.9 cm³/mol. The van der Waals surface area contributed by atoms with Gasteiger partial charge < -0.3 is 5.32 Å². The highest BCUT2D eigenvalue weighted by Gasteiger charge is 2.23. The fourth-order valence-electron chi connectivity index (χ4n) is 2.31. The van der Waals surface area contributed by atoms with E-state index in [4.69, 9.17) is 4.98 Å². The van der Waals surface area contributed by atoms with Gasteiger partial charge in [-0.1, -0.05) is 19.9 Å². The second-order valence-electron chi connectivity index (χ2n) is 5.57. The Balaban J connectivity index is 1.85. The molecule has 0 bridgehead atoms. The van der Waals surface area contributed by atoms with E-state index in [-0.39, 0.29) is 0 Å². The van der Waals surface area contributed by atoms with E-state index in [0.717, 1.165) is 37.8 Å². The number of hydrogen-bond acceptors (Lipinski definition) is 3. The van der Waals surface area contributed by atoms with Crippen molar-refractivity contribution in [2.75, 3.05) is 19.6 Å². The van der Waals surface area contributed by atoms with Gasteiger partial charge in [-0.15, -0.1) is 0 Å². The molecule has 0 amide bonds. The van der Waals surface area contributed by atoms with Crippen molar-refractivity contribution < 1.29 is 0 Å². The van der Waals surface area contributed by atoms with Crippen LogP contribution in [0.4, 0.5) is 0 Å². The van der Waals surface area contributed by atoms with Crippen LogP contribution in [0.2, 0.25) is 0 Å². The summed E-state index contributed by atoms with van der Waals surface area (Å²) in [5.41, 5.74) is 2.37. The normalized spacial score (nSPS) is 15.1. The lowest BCUT2D eigenvalue weighted by molar-refractivity contribution is 0.265. The molecular formula is C16H27N3. The molecule has 1 saturated carbocycles. The minimum absolute atomic E-state index is 0.885. The zero-order valence-electron chi connectivity index (χ0n) is 12.4. The van der Waals surface area contributed by atoms with Gasteiger partial charge >= 0.3 is 0 Å². The molecule has 106 valence electrons. The van der Waals surface area contributed by atoms with E-state index in [9.17, 15) is 0 Å². The smallest absolute Gasteiger partial charge is 0.0547 e. The lowest BCUT2D eigenvalue weighted by atomic mass is 10.2. The van der Waals surface area contributed by atoms with Crippen LogP contribution in [0.5, 0.6) is 0 Å². The maximum atomic E-state index is 4.76. The van der Waals surface area contributed by atoms with Gasteiger partial charge in [-0.3, -0.25) is 9.88 Å². The number of aromatic nitrogens is 1. The Hall–Kier alpha value is -0.930. The molecule has 1 aliphatic rings. The second-order valence-corrected chi connectivity index (χ2v) is 5.57. The second kappa shape index (κ2) is 7.61. The first-order chi connectivity index (χ1) is 9.31. The molecule has 1 aromatic rings. The number of hydrogen-bond donors (Lipinski definition) is 1. The quantitative estimate of drug-likeness (QED) is 0.693. The molecule has 2 rings (SSSR count). The lowest BCUT2D eigenvalue weighted by Crippen LogP contribution is -2.26. The van der Waals surface area contributed by atoms with Crippen LogP contribution in [-0.4, -0.2) is 29.5 Å². The summed E-state index contributed by atoms with van der Waals surface area (Å²) < 4.78 is 0. The largest absolute Gasteiger partial charge is 0.311 e. The van der Waals surface area contributed by atoms with Gasteiger partial charge in [0.1, 0.15) is 0 Å². The highest BCUT2D eigenvalue weighted by atomic mass is 15.1. The molecule has 0 aromatic carbocycles. The first kappa shape index (κ1) is 14.5. The van der Waals surface area contributed by atoms with Crippen LogP contribution in [0.25, 0.3) is 0 Å². The summed E-state index contributed by atoms with van der Waals surface area (Å²) in [6.07, 6.45) is 4.01. The summed E-state index contributed by atoms with van der Waals surface area (Å²) >= 11 is 0. The first-order valence-corrected chi connectivity index (χ1v) is 7.69. The van der Waals surface area contributed by atoms with Crippen molar-refractivity contribution in [1.82, 2.24) is 15.2 Å². The Bertz CT molecular complexity index is 374. The van der Waals surface area contributed by atoms with E-state index >= 15 is 0 Å². The average Bonchev–Trinajstić information content (AvgIpc) is 3.23. The van der Waals surface area contributed by atoms with Gasteiger partial charge in [0.2, 0.25) is 0 Å². The molecular weight excluding hydrogens is 234 g/mol. The van der Waals surface area contributed by atoms with Crippen molar-refractivity contribution >= 4 is 0 Å². The Morgan fingerprint density at radius 2 is 2.05 bits per heavy atom. The van der Waals surface area contributed by atoms with Crippen molar-refractivity contribution in [3.05, 3.63) is 29.6 Å². The van der Waals surface area contributed by atoms with Crippen LogP contribution >= 0.6 is 0 Å². The number of nitrogens with one attached hydrogen (secondary N) is 1. The third-order valence-corrected chi connectivity index (χ3v) is 3.64. The third kappa shape index (κ3) is 5.29. The van der Waals surface area contributed by atoms with E-state index in [1.54, 1.807) is 0 Å². The number of rotatable bonds is 9. The van der Waals surface area contributed by atoms with Crippen LogP contribution < -0.4 is 5.32 Å². The molecule has 3 heteroatoms. The SMILES string of the molecule is CCCNCc1cccc(CN(CC)CC2CC2)n1. The average molecular weight is 261 g/mol. The van der Waals surface area contributed by atoms with E-state index < -0.39 is 0 Å². The molecule has 0 unspecified atom stereocenters. The summed E-state index contributed by atoms with van der Waals surface area (Å²) in [6.45, 7) is 9.75. The van der Waals surface area contributed by atoms with Crippen molar-refractivity contribution in [3.63, 3.8) is 0 Å². The summed E-state index contributed by atoms with van der Waals surface area (Å²) in [5.74, 6) is 0.953. The van der Waals surface area contributed by atoms with Crippen molar-refractivity contribution in [2.45, 2.75) is 46.2 Å². The van der Waals surface area contributed by atoms with Gasteiger partial charge in [0, 0.05) is 19.6 Å². The maximum Gasteiger partial charge on any atom is 0.0547 e. The molecule has 19 heavy (non-hydrogen) atoms. The zero-order valence-corrected chi connectivity index (χ0v) is 12.4. The van der Waals surface area contributed by atoms with Crippen LogP contribution in [0.15, 0.2) is 18.2 Å². The standard InChI is InChI=1S/C16H27N3/c1-3-10-17-11-15-6-5-7-16(18-15)13-19(4-2)12-14-8-9-14/h5-7,14,17H,3-4,8-13H2,1-2H3. The van der Waals surface area contributed by atoms with Gasteiger partial charge in [0.05, 0.1) is 11.4 Å². The Morgan fingerprint density at radius 3 is 2.74 bits per heavy atom. The van der Waals surface area contributed by atoms with Crippen molar-refractivity contribution in [2.24, 2.45) is 5.92 Å². The minimum Gasteiger partial charge on any atom is -0.311 e. The number of pyridine rings is 1. The summed E-state index contributed by atoms with van der Waals surface area (Å²) in [4.78, 5) is 7.27. The molecule has 1 aromatic heterocycles. The van der Waals surface area contributed by atoms with Crippen molar-refractivity contribution in [1.29, 1.82) is 0 Å². The Morgan fingerprint density at radius 1 is 1.26 bits per heavy atom. The molecule has 1 fully saturated rings. The minimum atomic E-state index is 0.885. The van der Waals surface area contributed by atoms with Gasteiger partial charge in [-0.25, -0.2) is 0 Å². The van der Waals surface area contributed by atoms with Crippen molar-refractivity contribution in [3.8, 4) is 0 Å². The van der Waals surface area contributed by atoms with E-state index in [0.29, 0.717) is 0 Å². The van der Waals surface area contributed by atoms with Crippen LogP contribution in [-0.2, 0) is 13.1 Å². The Kier molecular flexibility index (Phi) is 5.80. The van der Waals surface area contributed by atoms with E-state index in [1.165, 1.54) is 31.5 Å². The van der Waals surface area contributed by atoms with Crippen LogP contribution in [0.3, 0.4) is 0 Å². The summed E-state index contributed by atoms with van der Waals surface area (Å²) in [6, 6.07) is 6.40. The first-order valence-electron chi connectivity index (χ1n) is 7.69. The van der Waals surface area contributed by atoms with Gasteiger partial charge in [0.25, 0.3) is 0 Å². The topological polar surface area (TPSA) is 28.2 Å². The molecule has 0 saturated heterocycles. The molecule has 1 heterocycles. The van der Waals surface area contributed by atoms with Crippen LogP contribution in [0.1, 0.15) is 44.5 Å². The monoisotopic (exact) mass is 261 g/mol. The summed E-state index contributed by atoms with van der Waals surface area (Å²) in [7, 11) is 0. The predicted octanol–water partition coefficient (Wildman–Crippen LogP) is 2.81. The molecule has 3 nitrogen and oxygen atoms in total. The highest BCUT2D eigenvalue weighted by molar-refractivity contribution is 5.11. The van der Waals surface area contributed by atoms with E-state index in [1.807, 2.05) is 0 Å². The lowest BCUT2D eigenvalue weighted by Gasteiger charge is -2.19. The Labute approximate surface area is 117 Å². The van der Waals surface area contributed by atoms with Gasteiger partial charge in [-0.2, -0.15) is 0 Å². The van der Waals surface area contributed by atoms with Crippen LogP contribution in [0, 0.1) is 5.92 Å². The summed E-state index contributed by atoms with van der Waals surface area (Å²) in [5, 5.41) is 3.41. The molecule has 0 atom stereocenters. The fraction of sp³-hybridized carbons (Fsp3) is 0.688. The molecule has 1 N–H and O–H groups in total. The van der Waals surface area contributed by atoms with Gasteiger partial charge in [0.15, 0.2) is 0 Å². The fourth-order valence-corrected chi connectivity index (χ4v) is 2.31. The van der Waals surface area contributed by atoms with E-state index in [2.05, 4.69) is 42.3 Å². The third-order valence-electron chi connectivity index (χ3n) is 3.64. The molecule has 0 spiro atoms. The zero-order chi connectivity index (χ0) is 13.5. The number of nitrogens with zero attached hydrogens (tertiary/aromatic N) is 2. The van der Waals surface area contributed by atoms with Gasteiger partial charge in [-0.05, 0) is 50.4 Å². The highest BCUT2D eigenvalue weighted by Crippen LogP contribution is 2.29. The maximum absolute atomic E-state index is 4.76. The molecule has 1 aliphatic carbocycles. The molecule has 0 radical (unpaired) electrons.